The Hall–Kier alpha value is -1.57. The number of rotatable bonds is 2. The van der Waals surface area contributed by atoms with Crippen molar-refractivity contribution in [3.63, 3.8) is 0 Å². The van der Waals surface area contributed by atoms with Crippen molar-refractivity contribution >= 4 is 11.4 Å². The fraction of sp³-hybridized carbons (Fsp3) is 0.438. The minimum atomic E-state index is -0.200. The first-order valence-corrected chi connectivity index (χ1v) is 6.65. The van der Waals surface area contributed by atoms with Crippen LogP contribution in [0.15, 0.2) is 30.3 Å². The van der Waals surface area contributed by atoms with Gasteiger partial charge in [0.15, 0.2) is 0 Å². The van der Waals surface area contributed by atoms with Gasteiger partial charge in [-0.2, -0.15) is 0 Å². The molecule has 1 saturated carbocycles. The SMILES string of the molecule is COc1ccccc1C1=CCCC12CCCC2=O. The van der Waals surface area contributed by atoms with E-state index in [1.54, 1.807) is 7.11 Å². The van der Waals surface area contributed by atoms with E-state index in [9.17, 15) is 4.79 Å². The number of allylic oxidation sites excluding steroid dienone is 2. The van der Waals surface area contributed by atoms with E-state index in [-0.39, 0.29) is 5.41 Å². The molecule has 0 bridgehead atoms. The monoisotopic (exact) mass is 242 g/mol. The lowest BCUT2D eigenvalue weighted by atomic mass is 9.76. The molecule has 18 heavy (non-hydrogen) atoms. The highest BCUT2D eigenvalue weighted by Gasteiger charge is 2.47. The summed E-state index contributed by atoms with van der Waals surface area (Å²) in [4.78, 5) is 12.3. The second-order valence-electron chi connectivity index (χ2n) is 5.22. The predicted octanol–water partition coefficient (Wildman–Crippen LogP) is 3.61. The minimum Gasteiger partial charge on any atom is -0.496 e. The maximum Gasteiger partial charge on any atom is 0.143 e. The van der Waals surface area contributed by atoms with Crippen LogP contribution in [-0.2, 0) is 4.79 Å². The molecule has 2 heteroatoms. The topological polar surface area (TPSA) is 26.3 Å². The summed E-state index contributed by atoms with van der Waals surface area (Å²) < 4.78 is 5.44. The van der Waals surface area contributed by atoms with Crippen LogP contribution >= 0.6 is 0 Å². The Morgan fingerprint density at radius 1 is 1.22 bits per heavy atom. The molecule has 1 aromatic rings. The minimum absolute atomic E-state index is 0.200. The molecule has 0 aromatic heterocycles. The molecule has 2 aliphatic carbocycles. The van der Waals surface area contributed by atoms with Gasteiger partial charge < -0.3 is 4.74 Å². The van der Waals surface area contributed by atoms with Gasteiger partial charge in [-0.1, -0.05) is 24.3 Å². The van der Waals surface area contributed by atoms with Crippen LogP contribution in [0, 0.1) is 5.41 Å². The number of benzene rings is 1. The number of carbonyl (C=O) groups is 1. The Labute approximate surface area is 108 Å². The predicted molar refractivity (Wildman–Crippen MR) is 71.5 cm³/mol. The number of ketones is 1. The number of methoxy groups -OCH3 is 1. The van der Waals surface area contributed by atoms with Crippen LogP contribution in [0.3, 0.4) is 0 Å². The van der Waals surface area contributed by atoms with Crippen LogP contribution in [0.4, 0.5) is 0 Å². The smallest absolute Gasteiger partial charge is 0.143 e. The van der Waals surface area contributed by atoms with Crippen molar-refractivity contribution in [2.45, 2.75) is 32.1 Å². The van der Waals surface area contributed by atoms with Crippen molar-refractivity contribution in [2.24, 2.45) is 5.41 Å². The Bertz CT molecular complexity index is 516. The van der Waals surface area contributed by atoms with Gasteiger partial charge in [-0.05, 0) is 37.3 Å². The van der Waals surface area contributed by atoms with Crippen molar-refractivity contribution in [1.29, 1.82) is 0 Å². The van der Waals surface area contributed by atoms with Crippen LogP contribution in [-0.4, -0.2) is 12.9 Å². The van der Waals surface area contributed by atoms with Crippen LogP contribution in [0.2, 0.25) is 0 Å². The summed E-state index contributed by atoms with van der Waals surface area (Å²) in [6, 6.07) is 8.04. The fourth-order valence-corrected chi connectivity index (χ4v) is 3.51. The molecule has 1 aromatic carbocycles. The van der Waals surface area contributed by atoms with Crippen molar-refractivity contribution < 1.29 is 9.53 Å². The Morgan fingerprint density at radius 3 is 2.78 bits per heavy atom. The van der Waals surface area contributed by atoms with Gasteiger partial charge in [0.1, 0.15) is 11.5 Å². The molecule has 2 nitrogen and oxygen atoms in total. The zero-order chi connectivity index (χ0) is 12.6. The second-order valence-corrected chi connectivity index (χ2v) is 5.22. The van der Waals surface area contributed by atoms with Gasteiger partial charge in [0, 0.05) is 12.0 Å². The highest BCUT2D eigenvalue weighted by Crippen LogP contribution is 2.54. The lowest BCUT2D eigenvalue weighted by Crippen LogP contribution is -2.24. The summed E-state index contributed by atoms with van der Waals surface area (Å²) in [5.74, 6) is 1.31. The van der Waals surface area contributed by atoms with Crippen molar-refractivity contribution in [3.8, 4) is 5.75 Å². The van der Waals surface area contributed by atoms with E-state index in [2.05, 4.69) is 12.1 Å². The average Bonchev–Trinajstić information content (AvgIpc) is 2.98. The molecule has 0 amide bonds. The molecule has 1 spiro atoms. The Morgan fingerprint density at radius 2 is 2.06 bits per heavy atom. The van der Waals surface area contributed by atoms with Gasteiger partial charge in [-0.25, -0.2) is 0 Å². The van der Waals surface area contributed by atoms with Crippen molar-refractivity contribution in [3.05, 3.63) is 35.9 Å². The molecule has 0 N–H and O–H groups in total. The van der Waals surface area contributed by atoms with Crippen LogP contribution < -0.4 is 4.74 Å². The number of carbonyl (C=O) groups excluding carboxylic acids is 1. The van der Waals surface area contributed by atoms with Crippen LogP contribution in [0.1, 0.15) is 37.7 Å². The molecule has 0 aliphatic heterocycles. The quantitative estimate of drug-likeness (QED) is 0.792. The molecule has 94 valence electrons. The number of hydrogen-bond acceptors (Lipinski definition) is 2. The summed E-state index contributed by atoms with van der Waals surface area (Å²) in [6.45, 7) is 0. The zero-order valence-corrected chi connectivity index (χ0v) is 10.7. The molecular formula is C16H18O2. The third-order valence-corrected chi connectivity index (χ3v) is 4.37. The normalized spacial score (nSPS) is 26.7. The van der Waals surface area contributed by atoms with Gasteiger partial charge in [0.25, 0.3) is 0 Å². The fourth-order valence-electron chi connectivity index (χ4n) is 3.51. The van der Waals surface area contributed by atoms with E-state index in [1.807, 2.05) is 18.2 Å². The third kappa shape index (κ3) is 1.52. The summed E-state index contributed by atoms with van der Waals surface area (Å²) in [6.07, 6.45) is 7.02. The Balaban J connectivity index is 2.08. The highest BCUT2D eigenvalue weighted by atomic mass is 16.5. The maximum absolute atomic E-state index is 12.3. The highest BCUT2D eigenvalue weighted by molar-refractivity contribution is 6.01. The summed E-state index contributed by atoms with van der Waals surface area (Å²) in [5.41, 5.74) is 2.12. The maximum atomic E-state index is 12.3. The molecule has 1 fully saturated rings. The second kappa shape index (κ2) is 4.27. The molecule has 3 rings (SSSR count). The van der Waals surface area contributed by atoms with E-state index in [0.29, 0.717) is 5.78 Å². The molecule has 1 unspecified atom stereocenters. The summed E-state index contributed by atoms with van der Waals surface area (Å²) in [5, 5.41) is 0. The number of Topliss-reactive ketones (excluding diaryl/α,β-unsaturated/α-hetero) is 1. The number of hydrogen-bond donors (Lipinski definition) is 0. The van der Waals surface area contributed by atoms with E-state index in [4.69, 9.17) is 4.74 Å². The van der Waals surface area contributed by atoms with Gasteiger partial charge in [0.05, 0.1) is 12.5 Å². The van der Waals surface area contributed by atoms with Crippen LogP contribution in [0.25, 0.3) is 5.57 Å². The van der Waals surface area contributed by atoms with Crippen LogP contribution in [0.5, 0.6) is 5.75 Å². The molecule has 1 atom stereocenters. The first kappa shape index (κ1) is 11.5. The average molecular weight is 242 g/mol. The standard InChI is InChI=1S/C16H18O2/c1-18-14-8-3-2-6-12(14)13-7-4-10-16(13)11-5-9-15(16)17/h2-3,6-8H,4-5,9-11H2,1H3. The molecule has 2 aliphatic rings. The van der Waals surface area contributed by atoms with E-state index < -0.39 is 0 Å². The lowest BCUT2D eigenvalue weighted by molar-refractivity contribution is -0.123. The van der Waals surface area contributed by atoms with Gasteiger partial charge in [0.2, 0.25) is 0 Å². The lowest BCUT2D eigenvalue weighted by Gasteiger charge is -2.26. The molecule has 0 heterocycles. The molecule has 0 radical (unpaired) electrons. The van der Waals surface area contributed by atoms with Gasteiger partial charge in [-0.15, -0.1) is 0 Å². The number of para-hydroxylation sites is 1. The summed E-state index contributed by atoms with van der Waals surface area (Å²) >= 11 is 0. The van der Waals surface area contributed by atoms with Gasteiger partial charge in [-0.3, -0.25) is 4.79 Å². The largest absolute Gasteiger partial charge is 0.496 e. The number of ether oxygens (including phenoxy) is 1. The molecule has 0 saturated heterocycles. The van der Waals surface area contributed by atoms with Gasteiger partial charge >= 0.3 is 0 Å². The summed E-state index contributed by atoms with van der Waals surface area (Å²) in [7, 11) is 1.69. The zero-order valence-electron chi connectivity index (χ0n) is 10.7. The van der Waals surface area contributed by atoms with E-state index >= 15 is 0 Å². The first-order valence-electron chi connectivity index (χ1n) is 6.65. The molecular weight excluding hydrogens is 224 g/mol. The third-order valence-electron chi connectivity index (χ3n) is 4.37. The first-order chi connectivity index (χ1) is 8.78. The van der Waals surface area contributed by atoms with Crippen molar-refractivity contribution in [2.75, 3.05) is 7.11 Å². The van der Waals surface area contributed by atoms with E-state index in [0.717, 1.165) is 43.4 Å². The van der Waals surface area contributed by atoms with E-state index in [1.165, 1.54) is 5.57 Å². The Kier molecular flexibility index (Phi) is 2.73. The van der Waals surface area contributed by atoms with Crippen molar-refractivity contribution in [1.82, 2.24) is 0 Å².